The molecule has 0 spiro atoms. The van der Waals surface area contributed by atoms with Crippen molar-refractivity contribution in [2.45, 2.75) is 39.0 Å². The third-order valence-electron chi connectivity index (χ3n) is 5.53. The van der Waals surface area contributed by atoms with Gasteiger partial charge in [-0.3, -0.25) is 4.79 Å². The number of ketones is 1. The van der Waals surface area contributed by atoms with E-state index in [9.17, 15) is 4.79 Å². The smallest absolute Gasteiger partial charge is 0.185 e. The first-order valence-electron chi connectivity index (χ1n) is 9.98. The Bertz CT molecular complexity index is 955. The summed E-state index contributed by atoms with van der Waals surface area (Å²) in [6, 6.07) is 16.3. The Morgan fingerprint density at radius 3 is 2.50 bits per heavy atom. The Morgan fingerprint density at radius 2 is 1.79 bits per heavy atom. The molecule has 0 aliphatic carbocycles. The molecule has 28 heavy (non-hydrogen) atoms. The molecule has 0 radical (unpaired) electrons. The molecule has 0 amide bonds. The standard InChI is InChI=1S/C24H26N2OS/c1-17-9-11-19(12-10-17)22(23(27)21-8-4-3-7-18(21)2)15-20-16-25-24(28-20)26-13-5-6-14-26/h3-4,7-12,16,22H,5-6,13-15H2,1-2H3. The molecule has 0 bridgehead atoms. The van der Waals surface area contributed by atoms with Gasteiger partial charge < -0.3 is 4.90 Å². The lowest BCUT2D eigenvalue weighted by molar-refractivity contribution is 0.0958. The maximum Gasteiger partial charge on any atom is 0.185 e. The van der Waals surface area contributed by atoms with Crippen LogP contribution in [0, 0.1) is 13.8 Å². The van der Waals surface area contributed by atoms with Gasteiger partial charge in [0, 0.05) is 29.7 Å². The SMILES string of the molecule is Cc1ccc(C(Cc2cnc(N3CCCC3)s2)C(=O)c2ccccc2C)cc1. The number of aryl methyl sites for hydroxylation is 2. The molecule has 0 saturated carbocycles. The number of aromatic nitrogens is 1. The van der Waals surface area contributed by atoms with Crippen LogP contribution in [0.25, 0.3) is 0 Å². The molecule has 1 fully saturated rings. The Morgan fingerprint density at radius 1 is 1.07 bits per heavy atom. The van der Waals surface area contributed by atoms with Crippen molar-refractivity contribution in [1.82, 2.24) is 4.98 Å². The summed E-state index contributed by atoms with van der Waals surface area (Å²) in [6.45, 7) is 6.28. The summed E-state index contributed by atoms with van der Waals surface area (Å²) in [5, 5.41) is 1.10. The summed E-state index contributed by atoms with van der Waals surface area (Å²) < 4.78 is 0. The fourth-order valence-electron chi connectivity index (χ4n) is 3.85. The third-order valence-corrected chi connectivity index (χ3v) is 6.61. The molecule has 3 aromatic rings. The average molecular weight is 391 g/mol. The van der Waals surface area contributed by atoms with Gasteiger partial charge >= 0.3 is 0 Å². The van der Waals surface area contributed by atoms with E-state index in [-0.39, 0.29) is 11.7 Å². The van der Waals surface area contributed by atoms with E-state index >= 15 is 0 Å². The van der Waals surface area contributed by atoms with Gasteiger partial charge in [-0.1, -0.05) is 54.1 Å². The highest BCUT2D eigenvalue weighted by Crippen LogP contribution is 2.32. The van der Waals surface area contributed by atoms with Crippen LogP contribution in [0.3, 0.4) is 0 Å². The van der Waals surface area contributed by atoms with Gasteiger partial charge in [0.15, 0.2) is 10.9 Å². The quantitative estimate of drug-likeness (QED) is 0.516. The van der Waals surface area contributed by atoms with Crippen molar-refractivity contribution in [3.8, 4) is 0 Å². The van der Waals surface area contributed by atoms with Crippen LogP contribution >= 0.6 is 11.3 Å². The highest BCUT2D eigenvalue weighted by molar-refractivity contribution is 7.15. The monoisotopic (exact) mass is 390 g/mol. The molecular weight excluding hydrogens is 364 g/mol. The summed E-state index contributed by atoms with van der Waals surface area (Å²) in [5.41, 5.74) is 4.14. The molecule has 144 valence electrons. The summed E-state index contributed by atoms with van der Waals surface area (Å²) >= 11 is 1.74. The molecule has 1 atom stereocenters. The van der Waals surface area contributed by atoms with E-state index in [4.69, 9.17) is 0 Å². The molecule has 0 N–H and O–H groups in total. The highest BCUT2D eigenvalue weighted by atomic mass is 32.1. The van der Waals surface area contributed by atoms with Crippen LogP contribution in [0.5, 0.6) is 0 Å². The number of anilines is 1. The number of thiazole rings is 1. The molecule has 3 nitrogen and oxygen atoms in total. The molecule has 2 aromatic carbocycles. The highest BCUT2D eigenvalue weighted by Gasteiger charge is 2.25. The Balaban J connectivity index is 1.64. The molecule has 1 aromatic heterocycles. The van der Waals surface area contributed by atoms with Crippen molar-refractivity contribution in [1.29, 1.82) is 0 Å². The molecular formula is C24H26N2OS. The maximum absolute atomic E-state index is 13.5. The topological polar surface area (TPSA) is 33.2 Å². The van der Waals surface area contributed by atoms with E-state index in [0.717, 1.165) is 34.9 Å². The fraction of sp³-hybridized carbons (Fsp3) is 0.333. The molecule has 4 rings (SSSR count). The minimum atomic E-state index is -0.187. The number of carbonyl (C=O) groups is 1. The van der Waals surface area contributed by atoms with Crippen LogP contribution in [-0.2, 0) is 6.42 Å². The van der Waals surface area contributed by atoms with Gasteiger partial charge in [-0.25, -0.2) is 4.98 Å². The Kier molecular flexibility index (Phi) is 5.58. The van der Waals surface area contributed by atoms with Crippen molar-refractivity contribution in [2.24, 2.45) is 0 Å². The van der Waals surface area contributed by atoms with E-state index in [1.165, 1.54) is 23.3 Å². The van der Waals surface area contributed by atoms with E-state index < -0.39 is 0 Å². The largest absolute Gasteiger partial charge is 0.348 e. The number of nitrogens with zero attached hydrogens (tertiary/aromatic N) is 2. The van der Waals surface area contributed by atoms with Crippen LogP contribution in [0.1, 0.15) is 50.7 Å². The number of benzene rings is 2. The van der Waals surface area contributed by atoms with Gasteiger partial charge in [-0.2, -0.15) is 0 Å². The van der Waals surface area contributed by atoms with Crippen LogP contribution < -0.4 is 4.90 Å². The second-order valence-electron chi connectivity index (χ2n) is 7.65. The average Bonchev–Trinajstić information content (AvgIpc) is 3.39. The van der Waals surface area contributed by atoms with E-state index in [1.807, 2.05) is 37.4 Å². The summed E-state index contributed by atoms with van der Waals surface area (Å²) in [6.07, 6.45) is 5.14. The summed E-state index contributed by atoms with van der Waals surface area (Å²) in [4.78, 5) is 21.7. The zero-order valence-electron chi connectivity index (χ0n) is 16.5. The van der Waals surface area contributed by atoms with Crippen molar-refractivity contribution in [2.75, 3.05) is 18.0 Å². The van der Waals surface area contributed by atoms with E-state index in [1.54, 1.807) is 11.3 Å². The number of Topliss-reactive ketones (excluding diaryl/α,β-unsaturated/α-hetero) is 1. The van der Waals surface area contributed by atoms with Crippen molar-refractivity contribution >= 4 is 22.3 Å². The van der Waals surface area contributed by atoms with E-state index in [0.29, 0.717) is 6.42 Å². The van der Waals surface area contributed by atoms with Gasteiger partial charge in [0.25, 0.3) is 0 Å². The number of hydrogen-bond donors (Lipinski definition) is 0. The number of hydrogen-bond acceptors (Lipinski definition) is 4. The minimum Gasteiger partial charge on any atom is -0.348 e. The first kappa shape index (κ1) is 18.9. The third kappa shape index (κ3) is 4.02. The molecule has 4 heteroatoms. The molecule has 1 unspecified atom stereocenters. The van der Waals surface area contributed by atoms with Gasteiger partial charge in [0.1, 0.15) is 0 Å². The predicted molar refractivity (Wildman–Crippen MR) is 117 cm³/mol. The van der Waals surface area contributed by atoms with Gasteiger partial charge in [0.2, 0.25) is 0 Å². The Hall–Kier alpha value is -2.46. The summed E-state index contributed by atoms with van der Waals surface area (Å²) in [5.74, 6) is 0.00616. The second kappa shape index (κ2) is 8.27. The zero-order chi connectivity index (χ0) is 19.5. The Labute approximate surface area is 171 Å². The van der Waals surface area contributed by atoms with Gasteiger partial charge in [-0.15, -0.1) is 11.3 Å². The number of carbonyl (C=O) groups excluding carboxylic acids is 1. The summed E-state index contributed by atoms with van der Waals surface area (Å²) in [7, 11) is 0. The lowest BCUT2D eigenvalue weighted by Crippen LogP contribution is -2.17. The number of rotatable bonds is 6. The minimum absolute atomic E-state index is 0.187. The zero-order valence-corrected chi connectivity index (χ0v) is 17.3. The molecule has 1 aliphatic rings. The molecule has 1 aliphatic heterocycles. The van der Waals surface area contributed by atoms with Crippen molar-refractivity contribution < 1.29 is 4.79 Å². The maximum atomic E-state index is 13.5. The lowest BCUT2D eigenvalue weighted by atomic mass is 9.86. The van der Waals surface area contributed by atoms with Crippen LogP contribution in [-0.4, -0.2) is 23.9 Å². The van der Waals surface area contributed by atoms with Crippen molar-refractivity contribution in [3.63, 3.8) is 0 Å². The van der Waals surface area contributed by atoms with Crippen LogP contribution in [0.15, 0.2) is 54.7 Å². The lowest BCUT2D eigenvalue weighted by Gasteiger charge is -2.17. The van der Waals surface area contributed by atoms with Gasteiger partial charge in [-0.05, 0) is 44.2 Å². The van der Waals surface area contributed by atoms with Crippen LogP contribution in [0.4, 0.5) is 5.13 Å². The predicted octanol–water partition coefficient (Wildman–Crippen LogP) is 5.57. The normalized spacial score (nSPS) is 15.0. The van der Waals surface area contributed by atoms with Crippen molar-refractivity contribution in [3.05, 3.63) is 81.9 Å². The van der Waals surface area contributed by atoms with Gasteiger partial charge in [0.05, 0.1) is 5.92 Å². The molecule has 2 heterocycles. The first-order chi connectivity index (χ1) is 13.6. The molecule has 1 saturated heterocycles. The van der Waals surface area contributed by atoms with E-state index in [2.05, 4.69) is 41.1 Å². The fourth-order valence-corrected chi connectivity index (χ4v) is 4.85. The second-order valence-corrected chi connectivity index (χ2v) is 8.74. The first-order valence-corrected chi connectivity index (χ1v) is 10.8. The van der Waals surface area contributed by atoms with Crippen LogP contribution in [0.2, 0.25) is 0 Å².